The van der Waals surface area contributed by atoms with E-state index in [1.165, 1.54) is 18.3 Å². The van der Waals surface area contributed by atoms with Gasteiger partial charge in [-0.05, 0) is 35.9 Å². The molecule has 0 fully saturated rings. The monoisotopic (exact) mass is 281 g/mol. The van der Waals surface area contributed by atoms with E-state index in [9.17, 15) is 12.8 Å². The quantitative estimate of drug-likeness (QED) is 0.807. The molecule has 1 aromatic carbocycles. The maximum Gasteiger partial charge on any atom is 0.264 e. The highest BCUT2D eigenvalue weighted by atomic mass is 32.2. The minimum Gasteiger partial charge on any atom is -0.265 e. The molecule has 0 aliphatic rings. The molecule has 1 heterocycles. The molecule has 0 saturated heterocycles. The van der Waals surface area contributed by atoms with Gasteiger partial charge in [0.15, 0.2) is 0 Å². The summed E-state index contributed by atoms with van der Waals surface area (Å²) in [6.45, 7) is -0.0461. The van der Waals surface area contributed by atoms with E-state index in [1.54, 1.807) is 24.3 Å². The molecule has 2 rings (SSSR count). The molecule has 100 valence electrons. The fourth-order valence-corrected chi connectivity index (χ4v) is 1.83. The molecule has 6 heteroatoms. The minimum absolute atomic E-state index is 0.0461. The smallest absolute Gasteiger partial charge is 0.264 e. The lowest BCUT2D eigenvalue weighted by Crippen LogP contribution is -2.02. The Morgan fingerprint density at radius 3 is 2.37 bits per heavy atom. The van der Waals surface area contributed by atoms with Crippen molar-refractivity contribution in [3.63, 3.8) is 0 Å². The maximum atomic E-state index is 12.8. The average molecular weight is 281 g/mol. The average Bonchev–Trinajstić information content (AvgIpc) is 2.37. The van der Waals surface area contributed by atoms with E-state index in [0.29, 0.717) is 11.3 Å². The van der Waals surface area contributed by atoms with Crippen molar-refractivity contribution in [3.05, 3.63) is 54.0 Å². The third kappa shape index (κ3) is 4.11. The highest BCUT2D eigenvalue weighted by Crippen LogP contribution is 2.17. The van der Waals surface area contributed by atoms with Gasteiger partial charge in [0.1, 0.15) is 5.82 Å². The summed E-state index contributed by atoms with van der Waals surface area (Å²) in [7, 11) is -3.46. The first-order valence-electron chi connectivity index (χ1n) is 5.49. The molecule has 4 nitrogen and oxygen atoms in total. The second-order valence-corrected chi connectivity index (χ2v) is 5.67. The van der Waals surface area contributed by atoms with Crippen molar-refractivity contribution in [2.24, 2.45) is 0 Å². The van der Waals surface area contributed by atoms with Crippen molar-refractivity contribution in [1.29, 1.82) is 0 Å². The zero-order valence-corrected chi connectivity index (χ0v) is 11.0. The van der Waals surface area contributed by atoms with E-state index in [4.69, 9.17) is 0 Å². The number of nitrogens with zero attached hydrogens (tertiary/aromatic N) is 1. The van der Waals surface area contributed by atoms with Crippen molar-refractivity contribution in [1.82, 2.24) is 4.98 Å². The van der Waals surface area contributed by atoms with Gasteiger partial charge in [-0.1, -0.05) is 6.07 Å². The Labute approximate surface area is 111 Å². The Balaban J connectivity index is 2.12. The first-order chi connectivity index (χ1) is 8.94. The molecule has 0 atom stereocenters. The lowest BCUT2D eigenvalue weighted by atomic mass is 10.1. The van der Waals surface area contributed by atoms with Crippen LogP contribution in [0.25, 0.3) is 11.3 Å². The van der Waals surface area contributed by atoms with Crippen LogP contribution in [0.3, 0.4) is 0 Å². The molecule has 0 bridgehead atoms. The van der Waals surface area contributed by atoms with Gasteiger partial charge in [0.05, 0.1) is 18.6 Å². The van der Waals surface area contributed by atoms with Crippen molar-refractivity contribution in [2.75, 3.05) is 6.26 Å². The molecule has 19 heavy (non-hydrogen) atoms. The summed E-state index contributed by atoms with van der Waals surface area (Å²) in [6, 6.07) is 9.43. The summed E-state index contributed by atoms with van der Waals surface area (Å²) in [6.07, 6.45) is 2.52. The number of benzene rings is 1. The predicted molar refractivity (Wildman–Crippen MR) is 69.3 cm³/mol. The summed E-state index contributed by atoms with van der Waals surface area (Å²) in [4.78, 5) is 4.18. The van der Waals surface area contributed by atoms with Crippen LogP contribution in [0.1, 0.15) is 5.56 Å². The molecular weight excluding hydrogens is 269 g/mol. The van der Waals surface area contributed by atoms with Gasteiger partial charge in [-0.25, -0.2) is 4.39 Å². The van der Waals surface area contributed by atoms with Gasteiger partial charge in [0.2, 0.25) is 0 Å². The second-order valence-electron chi connectivity index (χ2n) is 4.02. The normalized spacial score (nSPS) is 11.5. The van der Waals surface area contributed by atoms with Crippen molar-refractivity contribution < 1.29 is 17.0 Å². The lowest BCUT2D eigenvalue weighted by Gasteiger charge is -2.04. The fraction of sp³-hybridized carbons (Fsp3) is 0.154. The SMILES string of the molecule is CS(=O)(=O)OCc1ccc(-c2ccc(F)cc2)nc1. The first kappa shape index (κ1) is 13.6. The Kier molecular flexibility index (Phi) is 3.92. The number of pyridine rings is 1. The summed E-state index contributed by atoms with van der Waals surface area (Å²) in [5.74, 6) is -0.304. The van der Waals surface area contributed by atoms with E-state index < -0.39 is 10.1 Å². The molecule has 1 aromatic heterocycles. The maximum absolute atomic E-state index is 12.8. The van der Waals surface area contributed by atoms with E-state index in [2.05, 4.69) is 9.17 Å². The lowest BCUT2D eigenvalue weighted by molar-refractivity contribution is 0.311. The standard InChI is InChI=1S/C13H12FNO3S/c1-19(16,17)18-9-10-2-7-13(15-8-10)11-3-5-12(14)6-4-11/h2-8H,9H2,1H3. The highest BCUT2D eigenvalue weighted by molar-refractivity contribution is 7.85. The van der Waals surface area contributed by atoms with Crippen LogP contribution in [0.5, 0.6) is 0 Å². The Hall–Kier alpha value is -1.79. The van der Waals surface area contributed by atoms with E-state index >= 15 is 0 Å². The summed E-state index contributed by atoms with van der Waals surface area (Å²) in [5.41, 5.74) is 2.12. The van der Waals surface area contributed by atoms with E-state index in [1.807, 2.05) is 0 Å². The fourth-order valence-electron chi connectivity index (χ4n) is 1.48. The molecular formula is C13H12FNO3S. The van der Waals surface area contributed by atoms with Gasteiger partial charge in [-0.2, -0.15) is 8.42 Å². The number of hydrogen-bond donors (Lipinski definition) is 0. The van der Waals surface area contributed by atoms with Gasteiger partial charge in [0.25, 0.3) is 10.1 Å². The second kappa shape index (κ2) is 5.46. The minimum atomic E-state index is -3.46. The van der Waals surface area contributed by atoms with Crippen LogP contribution in [0, 0.1) is 5.82 Å². The number of hydrogen-bond acceptors (Lipinski definition) is 4. The molecule has 0 unspecified atom stereocenters. The van der Waals surface area contributed by atoms with Crippen LogP contribution in [0.4, 0.5) is 4.39 Å². The van der Waals surface area contributed by atoms with E-state index in [-0.39, 0.29) is 12.4 Å². The third-order valence-corrected chi connectivity index (χ3v) is 2.95. The van der Waals surface area contributed by atoms with Gasteiger partial charge >= 0.3 is 0 Å². The number of halogens is 1. The largest absolute Gasteiger partial charge is 0.265 e. The highest BCUT2D eigenvalue weighted by Gasteiger charge is 2.04. The molecule has 0 amide bonds. The van der Waals surface area contributed by atoms with Gasteiger partial charge in [0, 0.05) is 11.8 Å². The van der Waals surface area contributed by atoms with Crippen molar-refractivity contribution >= 4 is 10.1 Å². The van der Waals surface area contributed by atoms with Crippen molar-refractivity contribution in [3.8, 4) is 11.3 Å². The predicted octanol–water partition coefficient (Wildman–Crippen LogP) is 2.36. The third-order valence-electron chi connectivity index (χ3n) is 2.40. The first-order valence-corrected chi connectivity index (χ1v) is 7.31. The topological polar surface area (TPSA) is 56.3 Å². The summed E-state index contributed by atoms with van der Waals surface area (Å²) in [5, 5.41) is 0. The molecule has 0 N–H and O–H groups in total. The zero-order chi connectivity index (χ0) is 13.9. The molecule has 0 saturated carbocycles. The Bertz CT molecular complexity index is 651. The summed E-state index contributed by atoms with van der Waals surface area (Å²) >= 11 is 0. The van der Waals surface area contributed by atoms with E-state index in [0.717, 1.165) is 11.8 Å². The van der Waals surface area contributed by atoms with Gasteiger partial charge in [-0.15, -0.1) is 0 Å². The van der Waals surface area contributed by atoms with Crippen LogP contribution in [-0.4, -0.2) is 19.7 Å². The zero-order valence-electron chi connectivity index (χ0n) is 10.2. The van der Waals surface area contributed by atoms with Crippen LogP contribution < -0.4 is 0 Å². The summed E-state index contributed by atoms with van der Waals surface area (Å²) < 4.78 is 39.1. The van der Waals surface area contributed by atoms with Crippen molar-refractivity contribution in [2.45, 2.75) is 6.61 Å². The molecule has 0 aliphatic carbocycles. The molecule has 0 radical (unpaired) electrons. The van der Waals surface area contributed by atoms with Gasteiger partial charge < -0.3 is 0 Å². The van der Waals surface area contributed by atoms with Crippen LogP contribution in [0.15, 0.2) is 42.6 Å². The van der Waals surface area contributed by atoms with Crippen LogP contribution >= 0.6 is 0 Å². The Morgan fingerprint density at radius 2 is 1.84 bits per heavy atom. The van der Waals surface area contributed by atoms with Gasteiger partial charge in [-0.3, -0.25) is 9.17 Å². The Morgan fingerprint density at radius 1 is 1.16 bits per heavy atom. The van der Waals surface area contributed by atoms with Crippen LogP contribution in [0.2, 0.25) is 0 Å². The molecule has 0 aliphatic heterocycles. The number of aromatic nitrogens is 1. The number of rotatable bonds is 4. The molecule has 0 spiro atoms. The molecule has 2 aromatic rings. The van der Waals surface area contributed by atoms with Crippen LogP contribution in [-0.2, 0) is 20.9 Å².